The van der Waals surface area contributed by atoms with Crippen LogP contribution in [0.15, 0.2) is 58.0 Å². The molecule has 1 N–H and O–H groups in total. The SMILES string of the molecule is O=C1NC(=S)N(c2ccc(Br)cc2)C(=O)[C@@H]1C=Nc1ccccc1Cl. The molecular weight excluding hydrogens is 426 g/mol. The van der Waals surface area contributed by atoms with E-state index in [1.165, 1.54) is 11.1 Å². The van der Waals surface area contributed by atoms with E-state index >= 15 is 0 Å². The molecule has 0 unspecified atom stereocenters. The molecule has 2 amide bonds. The molecule has 2 aromatic carbocycles. The van der Waals surface area contributed by atoms with Gasteiger partial charge in [0.2, 0.25) is 5.91 Å². The van der Waals surface area contributed by atoms with E-state index in [4.69, 9.17) is 23.8 Å². The van der Waals surface area contributed by atoms with E-state index < -0.39 is 17.7 Å². The number of rotatable bonds is 3. The molecule has 0 aliphatic carbocycles. The maximum atomic E-state index is 12.8. The van der Waals surface area contributed by atoms with Gasteiger partial charge in [-0.3, -0.25) is 19.5 Å². The molecule has 1 heterocycles. The first-order valence-corrected chi connectivity index (χ1v) is 8.78. The summed E-state index contributed by atoms with van der Waals surface area (Å²) >= 11 is 14.5. The van der Waals surface area contributed by atoms with Crippen LogP contribution >= 0.6 is 39.7 Å². The lowest BCUT2D eigenvalue weighted by Crippen LogP contribution is -2.58. The Bertz CT molecular complexity index is 886. The third kappa shape index (κ3) is 3.78. The Balaban J connectivity index is 1.90. The van der Waals surface area contributed by atoms with Crippen LogP contribution in [0.3, 0.4) is 0 Å². The zero-order valence-corrected chi connectivity index (χ0v) is 15.8. The third-order valence-corrected chi connectivity index (χ3v) is 4.64. The van der Waals surface area contributed by atoms with Crippen LogP contribution in [0.5, 0.6) is 0 Å². The zero-order chi connectivity index (χ0) is 18.0. The van der Waals surface area contributed by atoms with E-state index in [0.29, 0.717) is 16.4 Å². The standard InChI is InChI=1S/C17H11BrClN3O2S/c18-10-5-7-11(8-6-10)22-16(24)12(15(23)21-17(22)25)9-20-14-4-2-1-3-13(14)19/h1-9,12H,(H,21,23,25)/t12-/m1/s1. The molecule has 1 saturated heterocycles. The minimum absolute atomic E-state index is 0.0414. The van der Waals surface area contributed by atoms with Gasteiger partial charge in [0.15, 0.2) is 11.0 Å². The van der Waals surface area contributed by atoms with Gasteiger partial charge in [-0.15, -0.1) is 0 Å². The Hall–Kier alpha value is -2.09. The number of benzene rings is 2. The number of carbonyl (C=O) groups is 2. The highest BCUT2D eigenvalue weighted by molar-refractivity contribution is 9.10. The van der Waals surface area contributed by atoms with E-state index in [1.54, 1.807) is 48.5 Å². The van der Waals surface area contributed by atoms with Crippen molar-refractivity contribution in [2.45, 2.75) is 0 Å². The van der Waals surface area contributed by atoms with Crippen LogP contribution in [-0.4, -0.2) is 23.1 Å². The van der Waals surface area contributed by atoms with Gasteiger partial charge in [-0.2, -0.15) is 0 Å². The highest BCUT2D eigenvalue weighted by Crippen LogP contribution is 2.25. The molecule has 5 nitrogen and oxygen atoms in total. The van der Waals surface area contributed by atoms with Gasteiger partial charge in [0.1, 0.15) is 0 Å². The molecule has 1 aliphatic heterocycles. The molecule has 0 saturated carbocycles. The molecule has 126 valence electrons. The largest absolute Gasteiger partial charge is 0.301 e. The Morgan fingerprint density at radius 3 is 2.52 bits per heavy atom. The second kappa shape index (κ2) is 7.43. The number of para-hydroxylation sites is 1. The number of anilines is 1. The summed E-state index contributed by atoms with van der Waals surface area (Å²) in [7, 11) is 0. The van der Waals surface area contributed by atoms with E-state index in [1.807, 2.05) is 0 Å². The molecule has 0 radical (unpaired) electrons. The number of hydrogen-bond acceptors (Lipinski definition) is 4. The van der Waals surface area contributed by atoms with Crippen LogP contribution in [0.2, 0.25) is 5.02 Å². The number of nitrogens with one attached hydrogen (secondary N) is 1. The Labute approximate surface area is 162 Å². The molecule has 1 aliphatic rings. The molecule has 1 atom stereocenters. The van der Waals surface area contributed by atoms with Crippen LogP contribution in [0, 0.1) is 5.92 Å². The summed E-state index contributed by atoms with van der Waals surface area (Å²) in [6.07, 6.45) is 1.28. The Kier molecular flexibility index (Phi) is 5.27. The van der Waals surface area contributed by atoms with Gasteiger partial charge in [-0.25, -0.2) is 0 Å². The van der Waals surface area contributed by atoms with Crippen LogP contribution in [0.4, 0.5) is 11.4 Å². The number of carbonyl (C=O) groups excluding carboxylic acids is 2. The van der Waals surface area contributed by atoms with Gasteiger partial charge in [0.25, 0.3) is 5.91 Å². The van der Waals surface area contributed by atoms with Crippen molar-refractivity contribution in [1.82, 2.24) is 5.32 Å². The van der Waals surface area contributed by atoms with Crippen molar-refractivity contribution >= 4 is 74.3 Å². The lowest BCUT2D eigenvalue weighted by molar-refractivity contribution is -0.130. The summed E-state index contributed by atoms with van der Waals surface area (Å²) in [5.74, 6) is -2.07. The van der Waals surface area contributed by atoms with Gasteiger partial charge >= 0.3 is 0 Å². The lowest BCUT2D eigenvalue weighted by atomic mass is 10.1. The fourth-order valence-corrected chi connectivity index (χ4v) is 3.01. The predicted molar refractivity (Wildman–Crippen MR) is 105 cm³/mol. The average molecular weight is 437 g/mol. The third-order valence-electron chi connectivity index (χ3n) is 3.50. The van der Waals surface area contributed by atoms with Crippen molar-refractivity contribution in [2.24, 2.45) is 10.9 Å². The van der Waals surface area contributed by atoms with E-state index in [0.717, 1.165) is 4.47 Å². The first-order valence-electron chi connectivity index (χ1n) is 7.20. The summed E-state index contributed by atoms with van der Waals surface area (Å²) in [5.41, 5.74) is 1.04. The molecule has 8 heteroatoms. The number of thiocarbonyl (C=S) groups is 1. The maximum absolute atomic E-state index is 12.8. The number of aliphatic imine (C=N–C) groups is 1. The minimum atomic E-state index is -1.09. The van der Waals surface area contributed by atoms with Crippen molar-refractivity contribution in [3.63, 3.8) is 0 Å². The first-order chi connectivity index (χ1) is 12.0. The predicted octanol–water partition coefficient (Wildman–Crippen LogP) is 3.87. The quantitative estimate of drug-likeness (QED) is 0.451. The fourth-order valence-electron chi connectivity index (χ4n) is 2.27. The molecule has 1 fully saturated rings. The Morgan fingerprint density at radius 1 is 1.16 bits per heavy atom. The number of nitrogens with zero attached hydrogens (tertiary/aromatic N) is 2. The molecule has 0 aromatic heterocycles. The minimum Gasteiger partial charge on any atom is -0.301 e. The van der Waals surface area contributed by atoms with Crippen molar-refractivity contribution in [2.75, 3.05) is 4.90 Å². The van der Waals surface area contributed by atoms with Crippen LogP contribution in [-0.2, 0) is 9.59 Å². The summed E-state index contributed by atoms with van der Waals surface area (Å²) in [6.45, 7) is 0. The number of hydrogen-bond donors (Lipinski definition) is 1. The van der Waals surface area contributed by atoms with Gasteiger partial charge in [-0.1, -0.05) is 39.7 Å². The van der Waals surface area contributed by atoms with Gasteiger partial charge < -0.3 is 5.32 Å². The van der Waals surface area contributed by atoms with Gasteiger partial charge in [0.05, 0.1) is 16.4 Å². The summed E-state index contributed by atoms with van der Waals surface area (Å²) in [4.78, 5) is 30.4. The molecule has 0 spiro atoms. The summed E-state index contributed by atoms with van der Waals surface area (Å²) in [5, 5.41) is 3.01. The number of halogens is 2. The second-order valence-electron chi connectivity index (χ2n) is 5.15. The van der Waals surface area contributed by atoms with E-state index in [9.17, 15) is 9.59 Å². The molecule has 25 heavy (non-hydrogen) atoms. The lowest BCUT2D eigenvalue weighted by Gasteiger charge is -2.30. The van der Waals surface area contributed by atoms with E-state index in [-0.39, 0.29) is 5.11 Å². The smallest absolute Gasteiger partial charge is 0.251 e. The molecule has 2 aromatic rings. The highest BCUT2D eigenvalue weighted by Gasteiger charge is 2.38. The van der Waals surface area contributed by atoms with Crippen molar-refractivity contribution < 1.29 is 9.59 Å². The Morgan fingerprint density at radius 2 is 1.84 bits per heavy atom. The average Bonchev–Trinajstić information content (AvgIpc) is 2.57. The highest BCUT2D eigenvalue weighted by atomic mass is 79.9. The second-order valence-corrected chi connectivity index (χ2v) is 6.86. The van der Waals surface area contributed by atoms with Crippen LogP contribution in [0.1, 0.15) is 0 Å². The first kappa shape index (κ1) is 17.7. The fraction of sp³-hybridized carbons (Fsp3) is 0.0588. The van der Waals surface area contributed by atoms with E-state index in [2.05, 4.69) is 26.2 Å². The van der Waals surface area contributed by atoms with Crippen molar-refractivity contribution in [3.8, 4) is 0 Å². The summed E-state index contributed by atoms with van der Waals surface area (Å²) < 4.78 is 0.868. The summed E-state index contributed by atoms with van der Waals surface area (Å²) in [6, 6.07) is 13.9. The normalized spacial score (nSPS) is 17.9. The molecule has 0 bridgehead atoms. The van der Waals surface area contributed by atoms with Crippen LogP contribution < -0.4 is 10.2 Å². The van der Waals surface area contributed by atoms with Crippen molar-refractivity contribution in [3.05, 3.63) is 58.0 Å². The molecular formula is C17H11BrClN3O2S. The zero-order valence-electron chi connectivity index (χ0n) is 12.6. The number of amides is 2. The topological polar surface area (TPSA) is 61.8 Å². The van der Waals surface area contributed by atoms with Gasteiger partial charge in [0, 0.05) is 10.7 Å². The monoisotopic (exact) mass is 435 g/mol. The van der Waals surface area contributed by atoms with Gasteiger partial charge in [-0.05, 0) is 48.6 Å². The molecule has 3 rings (SSSR count). The van der Waals surface area contributed by atoms with Crippen molar-refractivity contribution in [1.29, 1.82) is 0 Å². The maximum Gasteiger partial charge on any atom is 0.251 e. The van der Waals surface area contributed by atoms with Crippen LogP contribution in [0.25, 0.3) is 0 Å².